The second-order valence-electron chi connectivity index (χ2n) is 21.1. The van der Waals surface area contributed by atoms with E-state index in [1.807, 2.05) is 19.3 Å². The van der Waals surface area contributed by atoms with Gasteiger partial charge < -0.3 is 79.3 Å². The zero-order chi connectivity index (χ0) is 62.0. The third-order valence-corrected chi connectivity index (χ3v) is 15.1. The molecule has 0 radical (unpaired) electrons. The zero-order valence-electron chi connectivity index (χ0n) is 47.8. The van der Waals surface area contributed by atoms with Crippen LogP contribution in [0.1, 0.15) is 97.1 Å². The van der Waals surface area contributed by atoms with Crippen LogP contribution < -0.4 is 59.9 Å². The summed E-state index contributed by atoms with van der Waals surface area (Å²) in [5.41, 5.74) is 19.7. The third kappa shape index (κ3) is 23.1. The van der Waals surface area contributed by atoms with Gasteiger partial charge in [-0.25, -0.2) is 0 Å². The number of rotatable bonds is 34. The average Bonchev–Trinajstić information content (AvgIpc) is 3.44. The van der Waals surface area contributed by atoms with Gasteiger partial charge in [0.2, 0.25) is 59.1 Å². The van der Waals surface area contributed by atoms with Crippen LogP contribution in [0.25, 0.3) is 0 Å². The molecule has 2 unspecified atom stereocenters. The number of nitrogens with one attached hydrogen (secondary N) is 8. The lowest BCUT2D eigenvalue weighted by atomic mass is 10.0. The first-order chi connectivity index (χ1) is 40.0. The zero-order valence-corrected chi connectivity index (χ0v) is 49.5. The number of nitrogens with zero attached hydrogens (tertiary/aromatic N) is 3. The maximum atomic E-state index is 14.4. The van der Waals surface area contributed by atoms with Gasteiger partial charge in [0.15, 0.2) is 5.96 Å². The average molecular weight is 1230 g/mol. The Balaban J connectivity index is 0.0000189. The SMILES string of the molecule is C.CSCCC(NC(=O)[C@H](Cc1ccccc1)NC(=O)[C@@H]1CCCN1C(=O)[C@H](CC(N)=O)NC(=O)[C@H](C)NC(=O)[C@@H]1CCCN1C(=O)[C@H](Cc1ccc(O)cc1)NC(=O)[C@H](CC(C)C)NO)C(=O)N[C@@H](CCCN=C(N)N)C(=O)NC(C=O)CS. The highest BCUT2D eigenvalue weighted by molar-refractivity contribution is 7.98. The molecule has 85 heavy (non-hydrogen) atoms. The van der Waals surface area contributed by atoms with Gasteiger partial charge in [0, 0.05) is 38.2 Å². The number of hydroxylamine groups is 1. The number of phenolic OH excluding ortho intramolecular Hbond substituents is 1. The van der Waals surface area contributed by atoms with Gasteiger partial charge in [-0.15, -0.1) is 0 Å². The first-order valence-corrected chi connectivity index (χ1v) is 29.9. The number of guanidine groups is 1. The van der Waals surface area contributed by atoms with Crippen LogP contribution in [0.2, 0.25) is 0 Å². The summed E-state index contributed by atoms with van der Waals surface area (Å²) in [5, 5.41) is 38.2. The molecule has 0 aromatic heterocycles. The number of nitrogens with two attached hydrogens (primary N) is 3. The molecule has 2 saturated heterocycles. The van der Waals surface area contributed by atoms with Crippen LogP contribution in [0.4, 0.5) is 0 Å². The summed E-state index contributed by atoms with van der Waals surface area (Å²) in [4.78, 5) is 157. The number of primary amides is 1. The first kappa shape index (κ1) is 71.8. The lowest BCUT2D eigenvalue weighted by Crippen LogP contribution is -2.60. The van der Waals surface area contributed by atoms with Gasteiger partial charge in [-0.1, -0.05) is 63.7 Å². The Labute approximate surface area is 505 Å². The number of likely N-dealkylation sites (tertiary alicyclic amines) is 2. The quantitative estimate of drug-likeness (QED) is 0.00938. The molecule has 470 valence electrons. The highest BCUT2D eigenvalue weighted by Gasteiger charge is 2.42. The largest absolute Gasteiger partial charge is 0.508 e. The molecule has 10 amide bonds. The predicted molar refractivity (Wildman–Crippen MR) is 322 cm³/mol. The molecule has 2 fully saturated rings. The second kappa shape index (κ2) is 36.4. The van der Waals surface area contributed by atoms with Crippen molar-refractivity contribution in [2.45, 2.75) is 159 Å². The fraction of sp³-hybridized carbons (Fsp3) is 0.571. The third-order valence-electron chi connectivity index (χ3n) is 14.0. The molecule has 27 nitrogen and oxygen atoms in total. The van der Waals surface area contributed by atoms with Gasteiger partial charge in [-0.05, 0) is 99.5 Å². The Hall–Kier alpha value is -7.50. The molecule has 2 aromatic carbocycles. The van der Waals surface area contributed by atoms with E-state index in [1.165, 1.54) is 35.7 Å². The van der Waals surface area contributed by atoms with Gasteiger partial charge in [0.05, 0.1) is 12.5 Å². The molecule has 2 aliphatic rings. The van der Waals surface area contributed by atoms with E-state index in [0.29, 0.717) is 36.0 Å². The number of thiol groups is 1. The van der Waals surface area contributed by atoms with Crippen molar-refractivity contribution in [1.29, 1.82) is 0 Å². The van der Waals surface area contributed by atoms with Crippen LogP contribution in [0.15, 0.2) is 59.6 Å². The van der Waals surface area contributed by atoms with Gasteiger partial charge in [-0.2, -0.15) is 29.9 Å². The van der Waals surface area contributed by atoms with Gasteiger partial charge >= 0.3 is 0 Å². The Morgan fingerprint density at radius 1 is 0.671 bits per heavy atom. The highest BCUT2D eigenvalue weighted by Crippen LogP contribution is 2.23. The molecular formula is C56H86N14O13S2. The van der Waals surface area contributed by atoms with Crippen LogP contribution in [-0.2, 0) is 65.6 Å². The van der Waals surface area contributed by atoms with Crippen molar-refractivity contribution in [2.24, 2.45) is 28.1 Å². The van der Waals surface area contributed by atoms with E-state index < -0.39 is 126 Å². The van der Waals surface area contributed by atoms with Crippen LogP contribution in [-0.4, -0.2) is 189 Å². The summed E-state index contributed by atoms with van der Waals surface area (Å²) in [6.45, 7) is 5.27. The second-order valence-corrected chi connectivity index (χ2v) is 22.5. The molecule has 2 heterocycles. The number of aliphatic imine (C=N–C) groups is 1. The number of thioether (sulfide) groups is 1. The van der Waals surface area contributed by atoms with Crippen molar-refractivity contribution < 1.29 is 63.1 Å². The van der Waals surface area contributed by atoms with Crippen molar-refractivity contribution in [1.82, 2.24) is 52.5 Å². The number of hydrogen-bond donors (Lipinski definition) is 14. The van der Waals surface area contributed by atoms with Crippen LogP contribution >= 0.6 is 24.4 Å². The predicted octanol–water partition coefficient (Wildman–Crippen LogP) is -1.59. The maximum absolute atomic E-state index is 14.4. The summed E-state index contributed by atoms with van der Waals surface area (Å²) in [5.74, 6) is -7.56. The summed E-state index contributed by atoms with van der Waals surface area (Å²) in [6.07, 6.45) is 3.09. The molecule has 10 atom stereocenters. The molecule has 0 bridgehead atoms. The number of hydrogen-bond acceptors (Lipinski definition) is 17. The molecule has 16 N–H and O–H groups in total. The van der Waals surface area contributed by atoms with E-state index in [1.54, 1.807) is 48.7 Å². The molecule has 0 aliphatic carbocycles. The number of benzene rings is 2. The Morgan fingerprint density at radius 2 is 1.18 bits per heavy atom. The summed E-state index contributed by atoms with van der Waals surface area (Å²) in [7, 11) is 0. The monoisotopic (exact) mass is 1230 g/mol. The molecule has 4 rings (SSSR count). The van der Waals surface area contributed by atoms with Crippen LogP contribution in [0, 0.1) is 5.92 Å². The van der Waals surface area contributed by atoms with Crippen molar-refractivity contribution in [3.05, 3.63) is 65.7 Å². The molecule has 2 aliphatic heterocycles. The minimum absolute atomic E-state index is 0. The number of carbonyl (C=O) groups is 11. The maximum Gasteiger partial charge on any atom is 0.246 e. The Kier molecular flexibility index (Phi) is 30.7. The molecule has 29 heteroatoms. The van der Waals surface area contributed by atoms with E-state index >= 15 is 0 Å². The van der Waals surface area contributed by atoms with E-state index in [-0.39, 0.29) is 102 Å². The number of phenols is 1. The first-order valence-electron chi connectivity index (χ1n) is 27.8. The lowest BCUT2D eigenvalue weighted by molar-refractivity contribution is -0.144. The van der Waals surface area contributed by atoms with E-state index in [0.717, 1.165) is 4.90 Å². The standard InChI is InChI=1S/C55H82N14O13S2.CH4/c1-31(2)25-40(67-82)50(77)66-41(27-34-16-18-36(71)19-17-34)53(80)68-22-9-14-43(68)51(78)60-32(3)46(73)65-42(28-45(56)72)54(81)69-23-10-15-44(69)52(79)64-39(26-33-11-6-5-7-12-33)49(76)63-38(20-24-84-4)48(75)62-37(13-8-21-59-55(57)58)47(74)61-35(29-70)30-83;/h5-7,11-12,16-19,29,31-32,35,37-44,67,71,82-83H,8-10,13-15,20-28,30H2,1-4H3,(H2,56,72)(H,60,78)(H,61,74)(H,62,75)(H,63,76)(H,64,79)(H,65,73)(H,66,77)(H4,57,58,59);1H4/t32-,35?,37-,38?,39-,40-,41-,42-,43-,44-;/m0./s1. The van der Waals surface area contributed by atoms with Crippen molar-refractivity contribution in [3.8, 4) is 5.75 Å². The summed E-state index contributed by atoms with van der Waals surface area (Å²) >= 11 is 5.48. The van der Waals surface area contributed by atoms with Gasteiger partial charge in [0.1, 0.15) is 66.4 Å². The normalized spacial score (nSPS) is 17.4. The fourth-order valence-corrected chi connectivity index (χ4v) is 10.3. The Morgan fingerprint density at radius 3 is 1.72 bits per heavy atom. The smallest absolute Gasteiger partial charge is 0.246 e. The van der Waals surface area contributed by atoms with Gasteiger partial charge in [0.25, 0.3) is 0 Å². The van der Waals surface area contributed by atoms with Crippen molar-refractivity contribution in [3.63, 3.8) is 0 Å². The minimum Gasteiger partial charge on any atom is -0.508 e. The molecule has 2 aromatic rings. The fourth-order valence-electron chi connectivity index (χ4n) is 9.66. The number of amides is 10. The number of carbonyl (C=O) groups excluding carboxylic acids is 11. The van der Waals surface area contributed by atoms with E-state index in [2.05, 4.69) is 54.8 Å². The minimum atomic E-state index is -1.62. The summed E-state index contributed by atoms with van der Waals surface area (Å²) < 4.78 is 0. The summed E-state index contributed by atoms with van der Waals surface area (Å²) in [6, 6.07) is 2.36. The lowest BCUT2D eigenvalue weighted by Gasteiger charge is -2.31. The van der Waals surface area contributed by atoms with Crippen LogP contribution in [0.5, 0.6) is 5.75 Å². The molecular weight excluding hydrogens is 1140 g/mol. The van der Waals surface area contributed by atoms with Crippen molar-refractivity contribution in [2.75, 3.05) is 37.4 Å². The number of aromatic hydroxyl groups is 1. The van der Waals surface area contributed by atoms with E-state index in [9.17, 15) is 63.1 Å². The van der Waals surface area contributed by atoms with E-state index in [4.69, 9.17) is 17.2 Å². The van der Waals surface area contributed by atoms with Gasteiger partial charge in [-0.3, -0.25) is 52.9 Å². The molecule has 0 saturated carbocycles. The number of aldehydes is 1. The molecule has 0 spiro atoms. The topological polar surface area (TPSA) is 421 Å². The Bertz CT molecular complexity index is 2620. The highest BCUT2D eigenvalue weighted by atomic mass is 32.2. The van der Waals surface area contributed by atoms with Crippen LogP contribution in [0.3, 0.4) is 0 Å². The van der Waals surface area contributed by atoms with Crippen molar-refractivity contribution >= 4 is 95.7 Å².